The average Bonchev–Trinajstić information content (AvgIpc) is 2.63. The molecule has 1 aliphatic rings. The summed E-state index contributed by atoms with van der Waals surface area (Å²) in [5, 5.41) is 0.732. The number of rotatable bonds is 5. The zero-order valence-corrected chi connectivity index (χ0v) is 20.1. The zero-order valence-electron chi connectivity index (χ0n) is 16.2. The van der Waals surface area contributed by atoms with E-state index in [-0.39, 0.29) is 11.3 Å². The SMILES string of the molecule is CN1CCC(CC(=O)N(C)Cc2cc(Br)cc(Br)c2)(c2cccc(Cl)c2)CC1. The van der Waals surface area contributed by atoms with Crippen LogP contribution in [0.25, 0.3) is 0 Å². The van der Waals surface area contributed by atoms with Crippen molar-refractivity contribution >= 4 is 49.4 Å². The van der Waals surface area contributed by atoms with Crippen LogP contribution in [0.5, 0.6) is 0 Å². The molecule has 0 radical (unpaired) electrons. The molecular formula is C22H25Br2ClN2O. The molecule has 28 heavy (non-hydrogen) atoms. The molecule has 0 bridgehead atoms. The van der Waals surface area contributed by atoms with Crippen LogP contribution in [0.2, 0.25) is 5.02 Å². The Morgan fingerprint density at radius 1 is 1.14 bits per heavy atom. The summed E-state index contributed by atoms with van der Waals surface area (Å²) in [6, 6.07) is 14.1. The highest BCUT2D eigenvalue weighted by atomic mass is 79.9. The molecule has 1 saturated heterocycles. The fraction of sp³-hybridized carbons (Fsp3) is 0.409. The number of hydrogen-bond acceptors (Lipinski definition) is 2. The van der Waals surface area contributed by atoms with Crippen molar-refractivity contribution < 1.29 is 4.79 Å². The molecule has 1 fully saturated rings. The molecule has 0 N–H and O–H groups in total. The fourth-order valence-corrected chi connectivity index (χ4v) is 5.50. The Hall–Kier alpha value is -0.880. The summed E-state index contributed by atoms with van der Waals surface area (Å²) in [6.45, 7) is 2.56. The Morgan fingerprint density at radius 3 is 2.39 bits per heavy atom. The highest BCUT2D eigenvalue weighted by molar-refractivity contribution is 9.11. The van der Waals surface area contributed by atoms with Crippen LogP contribution in [0, 0.1) is 0 Å². The highest BCUT2D eigenvalue weighted by Gasteiger charge is 2.38. The highest BCUT2D eigenvalue weighted by Crippen LogP contribution is 2.40. The van der Waals surface area contributed by atoms with Crippen LogP contribution in [-0.4, -0.2) is 42.9 Å². The van der Waals surface area contributed by atoms with Gasteiger partial charge in [-0.05, 0) is 74.4 Å². The van der Waals surface area contributed by atoms with Gasteiger partial charge in [0.15, 0.2) is 0 Å². The topological polar surface area (TPSA) is 23.6 Å². The molecule has 3 rings (SSSR count). The zero-order chi connectivity index (χ0) is 20.3. The third-order valence-electron chi connectivity index (χ3n) is 5.64. The predicted molar refractivity (Wildman–Crippen MR) is 123 cm³/mol. The number of likely N-dealkylation sites (tertiary alicyclic amines) is 1. The summed E-state index contributed by atoms with van der Waals surface area (Å²) in [7, 11) is 4.03. The summed E-state index contributed by atoms with van der Waals surface area (Å²) < 4.78 is 2.01. The molecule has 2 aromatic carbocycles. The lowest BCUT2D eigenvalue weighted by Crippen LogP contribution is -2.44. The van der Waals surface area contributed by atoms with Crippen LogP contribution in [0.15, 0.2) is 51.4 Å². The number of nitrogens with zero attached hydrogens (tertiary/aromatic N) is 2. The van der Waals surface area contributed by atoms with Crippen molar-refractivity contribution in [2.45, 2.75) is 31.2 Å². The van der Waals surface area contributed by atoms with Gasteiger partial charge in [0.1, 0.15) is 0 Å². The largest absolute Gasteiger partial charge is 0.341 e. The monoisotopic (exact) mass is 526 g/mol. The molecular weight excluding hydrogens is 504 g/mol. The van der Waals surface area contributed by atoms with E-state index in [9.17, 15) is 4.79 Å². The lowest BCUT2D eigenvalue weighted by molar-refractivity contribution is -0.132. The van der Waals surface area contributed by atoms with Crippen LogP contribution in [-0.2, 0) is 16.8 Å². The molecule has 2 aromatic rings. The number of amides is 1. The summed E-state index contributed by atoms with van der Waals surface area (Å²) in [6.07, 6.45) is 2.44. The molecule has 6 heteroatoms. The van der Waals surface area contributed by atoms with E-state index in [1.54, 1.807) is 0 Å². The van der Waals surface area contributed by atoms with Gasteiger partial charge in [0, 0.05) is 39.4 Å². The van der Waals surface area contributed by atoms with Crippen molar-refractivity contribution in [2.75, 3.05) is 27.2 Å². The first-order valence-electron chi connectivity index (χ1n) is 9.41. The summed E-state index contributed by atoms with van der Waals surface area (Å²) >= 11 is 13.3. The molecule has 0 aromatic heterocycles. The number of piperidine rings is 1. The van der Waals surface area contributed by atoms with E-state index in [1.165, 1.54) is 5.56 Å². The number of carbonyl (C=O) groups is 1. The van der Waals surface area contributed by atoms with Crippen molar-refractivity contribution in [1.82, 2.24) is 9.80 Å². The van der Waals surface area contributed by atoms with Gasteiger partial charge in [-0.2, -0.15) is 0 Å². The summed E-state index contributed by atoms with van der Waals surface area (Å²) in [5.41, 5.74) is 2.12. The Balaban J connectivity index is 1.79. The molecule has 0 aliphatic carbocycles. The summed E-state index contributed by atoms with van der Waals surface area (Å²) in [5.74, 6) is 0.167. The average molecular weight is 529 g/mol. The van der Waals surface area contributed by atoms with Crippen LogP contribution < -0.4 is 0 Å². The van der Waals surface area contributed by atoms with Crippen molar-refractivity contribution in [1.29, 1.82) is 0 Å². The van der Waals surface area contributed by atoms with Crippen LogP contribution in [0.3, 0.4) is 0 Å². The van der Waals surface area contributed by atoms with Gasteiger partial charge in [-0.15, -0.1) is 0 Å². The second-order valence-corrected chi connectivity index (χ2v) is 10.1. The molecule has 1 amide bonds. The molecule has 0 unspecified atom stereocenters. The van der Waals surface area contributed by atoms with Gasteiger partial charge in [-0.25, -0.2) is 0 Å². The molecule has 150 valence electrons. The van der Waals surface area contributed by atoms with Crippen molar-refractivity contribution in [3.63, 3.8) is 0 Å². The molecule has 0 atom stereocenters. The number of carbonyl (C=O) groups excluding carboxylic acids is 1. The van der Waals surface area contributed by atoms with Gasteiger partial charge in [0.05, 0.1) is 0 Å². The standard InChI is InChI=1S/C22H25Br2ClN2O/c1-26-8-6-22(7-9-26,17-4-3-5-20(25)12-17)14-21(28)27(2)15-16-10-18(23)13-19(24)11-16/h3-5,10-13H,6-9,14-15H2,1-2H3. The maximum atomic E-state index is 13.2. The van der Waals surface area contributed by atoms with E-state index >= 15 is 0 Å². The fourth-order valence-electron chi connectivity index (χ4n) is 3.92. The first kappa shape index (κ1) is 21.8. The van der Waals surface area contributed by atoms with Gasteiger partial charge in [0.2, 0.25) is 5.91 Å². The van der Waals surface area contributed by atoms with Crippen molar-refractivity contribution in [3.8, 4) is 0 Å². The maximum absolute atomic E-state index is 13.2. The third-order valence-corrected chi connectivity index (χ3v) is 6.79. The minimum atomic E-state index is -0.152. The van der Waals surface area contributed by atoms with Gasteiger partial charge < -0.3 is 9.80 Å². The normalized spacial score (nSPS) is 16.8. The molecule has 0 saturated carbocycles. The van der Waals surface area contributed by atoms with E-state index in [1.807, 2.05) is 36.2 Å². The molecule has 1 heterocycles. The van der Waals surface area contributed by atoms with E-state index in [2.05, 4.69) is 62.0 Å². The van der Waals surface area contributed by atoms with Crippen LogP contribution in [0.1, 0.15) is 30.4 Å². The lowest BCUT2D eigenvalue weighted by atomic mass is 9.70. The van der Waals surface area contributed by atoms with Gasteiger partial charge in [-0.3, -0.25) is 4.79 Å². The molecule has 3 nitrogen and oxygen atoms in total. The van der Waals surface area contributed by atoms with Crippen LogP contribution in [0.4, 0.5) is 0 Å². The molecule has 0 spiro atoms. The summed E-state index contributed by atoms with van der Waals surface area (Å²) in [4.78, 5) is 17.3. The Bertz CT molecular complexity index is 830. The number of benzene rings is 2. The Labute approximate surface area is 189 Å². The Morgan fingerprint density at radius 2 is 1.79 bits per heavy atom. The first-order valence-corrected chi connectivity index (χ1v) is 11.4. The van der Waals surface area contributed by atoms with E-state index in [0.29, 0.717) is 13.0 Å². The van der Waals surface area contributed by atoms with E-state index in [4.69, 9.17) is 11.6 Å². The smallest absolute Gasteiger partial charge is 0.223 e. The quantitative estimate of drug-likeness (QED) is 0.484. The van der Waals surface area contributed by atoms with Gasteiger partial charge >= 0.3 is 0 Å². The second kappa shape index (κ2) is 9.29. The van der Waals surface area contributed by atoms with Crippen LogP contribution >= 0.6 is 43.5 Å². The van der Waals surface area contributed by atoms with Gasteiger partial charge in [-0.1, -0.05) is 55.6 Å². The Kier molecular flexibility index (Phi) is 7.24. The number of hydrogen-bond donors (Lipinski definition) is 0. The lowest BCUT2D eigenvalue weighted by Gasteiger charge is -2.41. The maximum Gasteiger partial charge on any atom is 0.223 e. The minimum absolute atomic E-state index is 0.152. The van der Waals surface area contributed by atoms with E-state index < -0.39 is 0 Å². The number of halogens is 3. The van der Waals surface area contributed by atoms with Gasteiger partial charge in [0.25, 0.3) is 0 Å². The van der Waals surface area contributed by atoms with Crippen molar-refractivity contribution in [2.24, 2.45) is 0 Å². The minimum Gasteiger partial charge on any atom is -0.341 e. The third kappa shape index (κ3) is 5.38. The molecule has 1 aliphatic heterocycles. The second-order valence-electron chi connectivity index (χ2n) is 7.80. The first-order chi connectivity index (χ1) is 13.3. The van der Waals surface area contributed by atoms with Crippen molar-refractivity contribution in [3.05, 3.63) is 67.6 Å². The van der Waals surface area contributed by atoms with E-state index in [0.717, 1.165) is 45.5 Å². The predicted octanol–water partition coefficient (Wildman–Crippen LogP) is 5.88.